The number of rotatable bonds is 6. The van der Waals surface area contributed by atoms with Crippen LogP contribution in [0.1, 0.15) is 51.1 Å². The van der Waals surface area contributed by atoms with Gasteiger partial charge in [-0.25, -0.2) is 4.79 Å². The van der Waals surface area contributed by atoms with Crippen LogP contribution >= 0.6 is 11.6 Å². The molecule has 0 aliphatic heterocycles. The molecule has 1 saturated carbocycles. The molecule has 1 aromatic carbocycles. The van der Waals surface area contributed by atoms with Crippen LogP contribution in [0.4, 0.5) is 0 Å². The predicted molar refractivity (Wildman–Crippen MR) is 103 cm³/mol. The number of carbonyl (C=O) groups excluding carboxylic acids is 2. The third-order valence-electron chi connectivity index (χ3n) is 4.90. The minimum Gasteiger partial charge on any atom is -0.467 e. The maximum absolute atomic E-state index is 12.1. The summed E-state index contributed by atoms with van der Waals surface area (Å²) in [5.74, 6) is -0.902. The van der Waals surface area contributed by atoms with Gasteiger partial charge in [-0.1, -0.05) is 23.7 Å². The molecule has 0 spiro atoms. The number of methoxy groups -OCH3 is 1. The number of hydrogen-bond donors (Lipinski definition) is 1. The number of halogens is 1. The minimum absolute atomic E-state index is 0.138. The molecular formula is C20H24ClN3O3. The van der Waals surface area contributed by atoms with E-state index in [9.17, 15) is 14.9 Å². The molecule has 0 saturated heterocycles. The number of nitrogens with zero attached hydrogens (tertiary/aromatic N) is 2. The van der Waals surface area contributed by atoms with Crippen molar-refractivity contribution in [3.63, 3.8) is 0 Å². The largest absolute Gasteiger partial charge is 0.467 e. The quantitative estimate of drug-likeness (QED) is 0.752. The molecule has 0 radical (unpaired) electrons. The Balaban J connectivity index is 2.30. The molecule has 0 heterocycles. The zero-order valence-corrected chi connectivity index (χ0v) is 16.5. The zero-order valence-electron chi connectivity index (χ0n) is 15.8. The topological polar surface area (TPSA) is 91.6 Å². The van der Waals surface area contributed by atoms with Gasteiger partial charge in [-0.05, 0) is 43.9 Å². The van der Waals surface area contributed by atoms with Gasteiger partial charge in [0.25, 0.3) is 0 Å². The van der Waals surface area contributed by atoms with Gasteiger partial charge < -0.3 is 10.1 Å². The molecule has 1 unspecified atom stereocenters. The van der Waals surface area contributed by atoms with Crippen LogP contribution < -0.4 is 5.32 Å². The average Bonchev–Trinajstić information content (AvgIpc) is 3.03. The maximum atomic E-state index is 12.1. The fourth-order valence-corrected chi connectivity index (χ4v) is 3.62. The lowest BCUT2D eigenvalue weighted by Gasteiger charge is -2.27. The van der Waals surface area contributed by atoms with Gasteiger partial charge in [0.2, 0.25) is 5.91 Å². The molecule has 1 aliphatic rings. The van der Waals surface area contributed by atoms with Crippen molar-refractivity contribution >= 4 is 29.2 Å². The Labute approximate surface area is 164 Å². The first-order valence-electron chi connectivity index (χ1n) is 8.90. The second-order valence-corrected chi connectivity index (χ2v) is 7.27. The molecule has 6 nitrogen and oxygen atoms in total. The zero-order chi connectivity index (χ0) is 20.0. The van der Waals surface area contributed by atoms with Gasteiger partial charge in [0, 0.05) is 24.1 Å². The lowest BCUT2D eigenvalue weighted by atomic mass is 9.79. The molecule has 144 valence electrons. The highest BCUT2D eigenvalue weighted by Gasteiger charge is 2.44. The molecule has 1 fully saturated rings. The van der Waals surface area contributed by atoms with Crippen molar-refractivity contribution in [3.05, 3.63) is 34.9 Å². The summed E-state index contributed by atoms with van der Waals surface area (Å²) in [7, 11) is 1.27. The van der Waals surface area contributed by atoms with Crippen molar-refractivity contribution in [1.29, 1.82) is 5.26 Å². The van der Waals surface area contributed by atoms with Crippen LogP contribution in [-0.2, 0) is 14.3 Å². The summed E-state index contributed by atoms with van der Waals surface area (Å²) in [5, 5.41) is 13.2. The van der Waals surface area contributed by atoms with Crippen LogP contribution in [-0.4, -0.2) is 30.7 Å². The van der Waals surface area contributed by atoms with Crippen molar-refractivity contribution < 1.29 is 14.3 Å². The summed E-state index contributed by atoms with van der Waals surface area (Å²) in [5.41, 5.74) is 0.880. The first-order chi connectivity index (χ1) is 12.8. The van der Waals surface area contributed by atoms with Crippen molar-refractivity contribution in [3.8, 4) is 6.07 Å². The summed E-state index contributed by atoms with van der Waals surface area (Å²) in [6.07, 6.45) is 2.26. The van der Waals surface area contributed by atoms with E-state index in [0.29, 0.717) is 17.9 Å². The highest BCUT2D eigenvalue weighted by atomic mass is 35.5. The Kier molecular flexibility index (Phi) is 6.98. The fraction of sp³-hybridized carbons (Fsp3) is 0.500. The van der Waals surface area contributed by atoms with E-state index in [1.165, 1.54) is 14.0 Å². The number of esters is 1. The summed E-state index contributed by atoms with van der Waals surface area (Å²) in [6, 6.07) is 8.79. The van der Waals surface area contributed by atoms with Crippen molar-refractivity contribution in [2.75, 3.05) is 7.11 Å². The van der Waals surface area contributed by atoms with Gasteiger partial charge in [-0.2, -0.15) is 5.26 Å². The van der Waals surface area contributed by atoms with Gasteiger partial charge in [0.15, 0.2) is 0 Å². The Hall–Kier alpha value is -2.39. The van der Waals surface area contributed by atoms with Crippen molar-refractivity contribution in [2.24, 2.45) is 10.4 Å². The van der Waals surface area contributed by atoms with Gasteiger partial charge in [-0.3, -0.25) is 9.79 Å². The Bertz CT molecular complexity index is 770. The van der Waals surface area contributed by atoms with E-state index >= 15 is 0 Å². The molecule has 27 heavy (non-hydrogen) atoms. The standard InChI is InChI=1S/C20H24ClN3O3/c1-13(15-6-8-16(21)9-7-15)23-18-5-4-10-20(18,12-22)11-17(19(26)27-3)24-14(2)25/h6-9,13,17H,4-5,10-11H2,1-3H3,(H,24,25)/t13?,17-,20+/m0/s1. The molecule has 3 atom stereocenters. The van der Waals surface area contributed by atoms with Crippen LogP contribution in [0.5, 0.6) is 0 Å². The van der Waals surface area contributed by atoms with Crippen LogP contribution in [0.2, 0.25) is 5.02 Å². The van der Waals surface area contributed by atoms with E-state index in [0.717, 1.165) is 17.7 Å². The normalized spacial score (nSPS) is 22.7. The highest BCUT2D eigenvalue weighted by molar-refractivity contribution is 6.30. The summed E-state index contributed by atoms with van der Waals surface area (Å²) in [6.45, 7) is 3.30. The van der Waals surface area contributed by atoms with E-state index < -0.39 is 17.4 Å². The van der Waals surface area contributed by atoms with Crippen molar-refractivity contribution in [2.45, 2.75) is 51.6 Å². The van der Waals surface area contributed by atoms with Gasteiger partial charge in [-0.15, -0.1) is 0 Å². The second-order valence-electron chi connectivity index (χ2n) is 6.83. The molecule has 1 aliphatic carbocycles. The SMILES string of the molecule is COC(=O)[C@H](C[C@@]1(C#N)CCCC1=NC(C)c1ccc(Cl)cc1)NC(C)=O. The number of nitrogens with one attached hydrogen (secondary N) is 1. The molecule has 1 aromatic rings. The third-order valence-corrected chi connectivity index (χ3v) is 5.15. The molecule has 2 rings (SSSR count). The first-order valence-corrected chi connectivity index (χ1v) is 9.28. The van der Waals surface area contributed by atoms with Gasteiger partial charge >= 0.3 is 5.97 Å². The third kappa shape index (κ3) is 5.08. The number of carbonyl (C=O) groups is 2. The maximum Gasteiger partial charge on any atom is 0.328 e. The van der Waals surface area contributed by atoms with E-state index in [1.807, 2.05) is 31.2 Å². The lowest BCUT2D eigenvalue weighted by Crippen LogP contribution is -2.45. The number of amides is 1. The summed E-state index contributed by atoms with van der Waals surface area (Å²) in [4.78, 5) is 28.4. The molecule has 7 heteroatoms. The molecule has 1 N–H and O–H groups in total. The van der Waals surface area contributed by atoms with Gasteiger partial charge in [0.1, 0.15) is 6.04 Å². The monoisotopic (exact) mass is 389 g/mol. The fourth-order valence-electron chi connectivity index (χ4n) is 3.49. The van der Waals surface area contributed by atoms with E-state index in [2.05, 4.69) is 11.4 Å². The summed E-state index contributed by atoms with van der Waals surface area (Å²) < 4.78 is 4.79. The average molecular weight is 390 g/mol. The van der Waals surface area contributed by atoms with E-state index in [4.69, 9.17) is 21.3 Å². The van der Waals surface area contributed by atoms with Crippen LogP contribution in [0, 0.1) is 16.7 Å². The molecule has 1 amide bonds. The number of benzene rings is 1. The molecular weight excluding hydrogens is 366 g/mol. The molecule has 0 bridgehead atoms. The first kappa shape index (κ1) is 20.9. The number of aliphatic imine (C=N–C) groups is 1. The predicted octanol–water partition coefficient (Wildman–Crippen LogP) is 3.60. The smallest absolute Gasteiger partial charge is 0.328 e. The number of ether oxygens (including phenoxy) is 1. The van der Waals surface area contributed by atoms with E-state index in [1.54, 1.807) is 0 Å². The van der Waals surface area contributed by atoms with Crippen molar-refractivity contribution in [1.82, 2.24) is 5.32 Å². The van der Waals surface area contributed by atoms with Gasteiger partial charge in [0.05, 0.1) is 24.6 Å². The van der Waals surface area contributed by atoms with Crippen LogP contribution in [0.15, 0.2) is 29.3 Å². The Morgan fingerprint density at radius 2 is 2.07 bits per heavy atom. The second kappa shape index (κ2) is 9.01. The Morgan fingerprint density at radius 1 is 1.41 bits per heavy atom. The number of hydrogen-bond acceptors (Lipinski definition) is 5. The Morgan fingerprint density at radius 3 is 2.63 bits per heavy atom. The van der Waals surface area contributed by atoms with Crippen LogP contribution in [0.25, 0.3) is 0 Å². The highest BCUT2D eigenvalue weighted by Crippen LogP contribution is 2.41. The molecule has 0 aromatic heterocycles. The minimum atomic E-state index is -0.887. The number of nitriles is 1. The summed E-state index contributed by atoms with van der Waals surface area (Å²) >= 11 is 5.94. The lowest BCUT2D eigenvalue weighted by molar-refractivity contribution is -0.145. The van der Waals surface area contributed by atoms with E-state index in [-0.39, 0.29) is 18.4 Å². The van der Waals surface area contributed by atoms with Crippen LogP contribution in [0.3, 0.4) is 0 Å².